The van der Waals surface area contributed by atoms with Gasteiger partial charge in [-0.15, -0.1) is 0 Å². The summed E-state index contributed by atoms with van der Waals surface area (Å²) in [5, 5.41) is 7.85. The number of fused-ring (bicyclic) bond motifs is 1. The normalized spacial score (nSPS) is 40.8. The van der Waals surface area contributed by atoms with Crippen LogP contribution < -0.4 is 10.6 Å². The maximum atomic E-state index is 3.52. The fourth-order valence-corrected chi connectivity index (χ4v) is 2.96. The van der Waals surface area contributed by atoms with Crippen LogP contribution in [0.2, 0.25) is 0 Å². The molecule has 0 amide bonds. The van der Waals surface area contributed by atoms with E-state index in [1.807, 2.05) is 0 Å². The van der Waals surface area contributed by atoms with Gasteiger partial charge in [-0.2, -0.15) is 11.8 Å². The maximum absolute atomic E-state index is 3.52. The summed E-state index contributed by atoms with van der Waals surface area (Å²) in [5.41, 5.74) is 0. The van der Waals surface area contributed by atoms with Crippen LogP contribution in [-0.2, 0) is 0 Å². The van der Waals surface area contributed by atoms with Crippen molar-refractivity contribution in [2.24, 2.45) is 0 Å². The molecule has 2 saturated heterocycles. The van der Waals surface area contributed by atoms with Gasteiger partial charge < -0.3 is 10.6 Å². The third-order valence-electron chi connectivity index (χ3n) is 2.26. The van der Waals surface area contributed by atoms with Crippen LogP contribution in [0.1, 0.15) is 6.42 Å². The molecule has 2 unspecified atom stereocenters. The topological polar surface area (TPSA) is 24.1 Å². The summed E-state index contributed by atoms with van der Waals surface area (Å²) in [6.07, 6.45) is 1.37. The molecule has 2 atom stereocenters. The lowest BCUT2D eigenvalue weighted by Crippen LogP contribution is -2.37. The molecular weight excluding hydrogens is 144 g/mol. The molecule has 58 valence electrons. The van der Waals surface area contributed by atoms with Crippen molar-refractivity contribution in [3.8, 4) is 0 Å². The summed E-state index contributed by atoms with van der Waals surface area (Å²) in [6, 6.07) is 0.757. The zero-order valence-corrected chi connectivity index (χ0v) is 6.91. The number of nitrogens with one attached hydrogen (secondary N) is 2. The van der Waals surface area contributed by atoms with Gasteiger partial charge in [-0.3, -0.25) is 0 Å². The molecule has 2 aliphatic heterocycles. The van der Waals surface area contributed by atoms with Gasteiger partial charge >= 0.3 is 0 Å². The predicted molar refractivity (Wildman–Crippen MR) is 45.5 cm³/mol. The zero-order valence-electron chi connectivity index (χ0n) is 6.10. The van der Waals surface area contributed by atoms with Crippen molar-refractivity contribution in [2.45, 2.75) is 17.7 Å². The van der Waals surface area contributed by atoms with Gasteiger partial charge in [0.05, 0.1) is 0 Å². The highest BCUT2D eigenvalue weighted by atomic mass is 32.2. The first-order valence-corrected chi connectivity index (χ1v) is 5.07. The molecule has 2 rings (SSSR count). The van der Waals surface area contributed by atoms with Crippen molar-refractivity contribution in [1.82, 2.24) is 10.6 Å². The van der Waals surface area contributed by atoms with Gasteiger partial charge in [0.1, 0.15) is 0 Å². The van der Waals surface area contributed by atoms with Crippen LogP contribution in [0.5, 0.6) is 0 Å². The lowest BCUT2D eigenvalue weighted by Gasteiger charge is -2.13. The first kappa shape index (κ1) is 6.95. The molecule has 0 aromatic heterocycles. The van der Waals surface area contributed by atoms with Crippen LogP contribution in [0.25, 0.3) is 0 Å². The Morgan fingerprint density at radius 2 is 2.30 bits per heavy atom. The third kappa shape index (κ3) is 1.31. The average molecular weight is 158 g/mol. The van der Waals surface area contributed by atoms with Gasteiger partial charge in [-0.25, -0.2) is 0 Å². The molecule has 2 N–H and O–H groups in total. The molecular formula is C7H14N2S. The Balaban J connectivity index is 1.95. The summed E-state index contributed by atoms with van der Waals surface area (Å²) in [6.45, 7) is 3.60. The number of hydrogen-bond donors (Lipinski definition) is 2. The lowest BCUT2D eigenvalue weighted by molar-refractivity contribution is 0.564. The standard InChI is InChI=1S/C7H14N2S/c1-2-9-6-5-8-3-4-10-7(1)6/h6-9H,1-5H2. The molecule has 3 heteroatoms. The first-order chi connectivity index (χ1) is 4.97. The second-order valence-electron chi connectivity index (χ2n) is 2.96. The lowest BCUT2D eigenvalue weighted by atomic mass is 10.2. The molecule has 0 bridgehead atoms. The average Bonchev–Trinajstić information content (AvgIpc) is 2.28. The minimum absolute atomic E-state index is 0.757. The highest BCUT2D eigenvalue weighted by Gasteiger charge is 2.27. The molecule has 0 aromatic rings. The summed E-state index contributed by atoms with van der Waals surface area (Å²) in [7, 11) is 0. The summed E-state index contributed by atoms with van der Waals surface area (Å²) in [5.74, 6) is 1.29. The Hall–Kier alpha value is 0.270. The van der Waals surface area contributed by atoms with E-state index in [4.69, 9.17) is 0 Å². The number of thioether (sulfide) groups is 1. The smallest absolute Gasteiger partial charge is 0.0311 e. The number of hydrogen-bond acceptors (Lipinski definition) is 3. The van der Waals surface area contributed by atoms with Crippen molar-refractivity contribution >= 4 is 11.8 Å². The predicted octanol–water partition coefficient (Wildman–Crippen LogP) is 0.0533. The van der Waals surface area contributed by atoms with Crippen molar-refractivity contribution in [3.63, 3.8) is 0 Å². The second kappa shape index (κ2) is 3.11. The fourth-order valence-electron chi connectivity index (χ4n) is 1.69. The summed E-state index contributed by atoms with van der Waals surface area (Å²) >= 11 is 2.13. The van der Waals surface area contributed by atoms with Crippen LogP contribution in [0, 0.1) is 0 Å². The van der Waals surface area contributed by atoms with Crippen molar-refractivity contribution in [3.05, 3.63) is 0 Å². The van der Waals surface area contributed by atoms with E-state index < -0.39 is 0 Å². The van der Waals surface area contributed by atoms with Crippen molar-refractivity contribution in [1.29, 1.82) is 0 Å². The molecule has 10 heavy (non-hydrogen) atoms. The highest BCUT2D eigenvalue weighted by Crippen LogP contribution is 2.23. The van der Waals surface area contributed by atoms with Crippen LogP contribution in [0.15, 0.2) is 0 Å². The Morgan fingerprint density at radius 3 is 3.30 bits per heavy atom. The quantitative estimate of drug-likeness (QED) is 0.521. The minimum Gasteiger partial charge on any atom is -0.314 e. The Bertz CT molecular complexity index is 106. The van der Waals surface area contributed by atoms with Gasteiger partial charge in [0.25, 0.3) is 0 Å². The molecule has 2 nitrogen and oxygen atoms in total. The molecule has 0 aliphatic carbocycles. The highest BCUT2D eigenvalue weighted by molar-refractivity contribution is 8.00. The van der Waals surface area contributed by atoms with E-state index in [2.05, 4.69) is 22.4 Å². The van der Waals surface area contributed by atoms with E-state index in [9.17, 15) is 0 Å². The summed E-state index contributed by atoms with van der Waals surface area (Å²) in [4.78, 5) is 0. The Labute approximate surface area is 66.1 Å². The van der Waals surface area contributed by atoms with Crippen LogP contribution in [0.4, 0.5) is 0 Å². The van der Waals surface area contributed by atoms with Crippen molar-refractivity contribution < 1.29 is 0 Å². The maximum Gasteiger partial charge on any atom is 0.0311 e. The third-order valence-corrected chi connectivity index (χ3v) is 3.69. The van der Waals surface area contributed by atoms with E-state index in [1.165, 1.54) is 31.8 Å². The number of rotatable bonds is 0. The molecule has 0 saturated carbocycles. The fraction of sp³-hybridized carbons (Fsp3) is 1.00. The molecule has 0 aromatic carbocycles. The largest absolute Gasteiger partial charge is 0.314 e. The van der Waals surface area contributed by atoms with Gasteiger partial charge in [0, 0.05) is 30.1 Å². The Kier molecular flexibility index (Phi) is 2.16. The molecule has 0 spiro atoms. The van der Waals surface area contributed by atoms with E-state index in [-0.39, 0.29) is 0 Å². The molecule has 2 aliphatic rings. The second-order valence-corrected chi connectivity index (χ2v) is 4.31. The van der Waals surface area contributed by atoms with Gasteiger partial charge in [0.15, 0.2) is 0 Å². The van der Waals surface area contributed by atoms with E-state index in [0.717, 1.165) is 11.3 Å². The molecule has 0 radical (unpaired) electrons. The Morgan fingerprint density at radius 1 is 1.30 bits per heavy atom. The van der Waals surface area contributed by atoms with Crippen LogP contribution in [0.3, 0.4) is 0 Å². The SMILES string of the molecule is C1CSC2CCNC2CN1. The molecule has 2 fully saturated rings. The van der Waals surface area contributed by atoms with Crippen molar-refractivity contribution in [2.75, 3.05) is 25.4 Å². The van der Waals surface area contributed by atoms with Crippen LogP contribution in [-0.4, -0.2) is 36.7 Å². The zero-order chi connectivity index (χ0) is 6.81. The summed E-state index contributed by atoms with van der Waals surface area (Å²) < 4.78 is 0. The molecule has 2 heterocycles. The van der Waals surface area contributed by atoms with Gasteiger partial charge in [-0.1, -0.05) is 0 Å². The van der Waals surface area contributed by atoms with E-state index in [0.29, 0.717) is 0 Å². The first-order valence-electron chi connectivity index (χ1n) is 4.02. The minimum atomic E-state index is 0.757. The van der Waals surface area contributed by atoms with Crippen LogP contribution >= 0.6 is 11.8 Å². The van der Waals surface area contributed by atoms with Gasteiger partial charge in [0.2, 0.25) is 0 Å². The van der Waals surface area contributed by atoms with E-state index in [1.54, 1.807) is 0 Å². The van der Waals surface area contributed by atoms with E-state index >= 15 is 0 Å². The van der Waals surface area contributed by atoms with Gasteiger partial charge in [-0.05, 0) is 13.0 Å². The monoisotopic (exact) mass is 158 g/mol.